The molecule has 86 valence electrons. The van der Waals surface area contributed by atoms with Crippen molar-refractivity contribution in [3.63, 3.8) is 0 Å². The summed E-state index contributed by atoms with van der Waals surface area (Å²) < 4.78 is 0. The smallest absolute Gasteiger partial charge is 0.00127 e. The van der Waals surface area contributed by atoms with E-state index >= 15 is 0 Å². The molecular formula is C13H24N2. The molecule has 3 atom stereocenters. The Hall–Kier alpha value is -0.340. The molecule has 0 aliphatic heterocycles. The van der Waals surface area contributed by atoms with Gasteiger partial charge in [0.25, 0.3) is 0 Å². The second-order valence-corrected chi connectivity index (χ2v) is 5.40. The van der Waals surface area contributed by atoms with Gasteiger partial charge in [-0.05, 0) is 70.7 Å². The summed E-state index contributed by atoms with van der Waals surface area (Å²) in [4.78, 5) is 2.25. The van der Waals surface area contributed by atoms with Gasteiger partial charge < -0.3 is 10.2 Å². The number of hydrogen-bond donors (Lipinski definition) is 1. The van der Waals surface area contributed by atoms with Gasteiger partial charge >= 0.3 is 0 Å². The fourth-order valence-corrected chi connectivity index (χ4v) is 2.94. The van der Waals surface area contributed by atoms with Gasteiger partial charge in [-0.15, -0.1) is 0 Å². The lowest BCUT2D eigenvalue weighted by Gasteiger charge is -2.18. The Labute approximate surface area is 93.7 Å². The number of nitrogens with one attached hydrogen (secondary N) is 1. The maximum atomic E-state index is 3.61. The van der Waals surface area contributed by atoms with E-state index in [1.807, 2.05) is 0 Å². The molecule has 2 aliphatic carbocycles. The maximum absolute atomic E-state index is 3.61. The highest BCUT2D eigenvalue weighted by Gasteiger charge is 2.34. The summed E-state index contributed by atoms with van der Waals surface area (Å²) in [5.41, 5.74) is 0. The first-order valence-electron chi connectivity index (χ1n) is 6.29. The van der Waals surface area contributed by atoms with E-state index < -0.39 is 0 Å². The molecule has 0 heterocycles. The van der Waals surface area contributed by atoms with Crippen LogP contribution in [-0.2, 0) is 0 Å². The first-order chi connectivity index (χ1) is 7.25. The molecule has 0 amide bonds. The Bertz CT molecular complexity index is 223. The van der Waals surface area contributed by atoms with Crippen molar-refractivity contribution in [3.8, 4) is 0 Å². The van der Waals surface area contributed by atoms with Crippen molar-refractivity contribution in [1.82, 2.24) is 10.2 Å². The summed E-state index contributed by atoms with van der Waals surface area (Å²) in [7, 11) is 4.28. The first kappa shape index (κ1) is 11.2. The largest absolute Gasteiger partial charge is 0.316 e. The van der Waals surface area contributed by atoms with Crippen LogP contribution in [0.1, 0.15) is 19.3 Å². The van der Waals surface area contributed by atoms with Crippen LogP contribution in [0.5, 0.6) is 0 Å². The van der Waals surface area contributed by atoms with Crippen LogP contribution >= 0.6 is 0 Å². The molecule has 1 saturated carbocycles. The van der Waals surface area contributed by atoms with Crippen LogP contribution in [0, 0.1) is 17.8 Å². The molecule has 0 saturated heterocycles. The van der Waals surface area contributed by atoms with Gasteiger partial charge in [-0.3, -0.25) is 0 Å². The second-order valence-electron chi connectivity index (χ2n) is 5.40. The van der Waals surface area contributed by atoms with Crippen LogP contribution in [0.4, 0.5) is 0 Å². The molecular weight excluding hydrogens is 184 g/mol. The maximum Gasteiger partial charge on any atom is -0.00127 e. The Balaban J connectivity index is 1.54. The lowest BCUT2D eigenvalue weighted by atomic mass is 9.94. The van der Waals surface area contributed by atoms with Gasteiger partial charge in [0.1, 0.15) is 0 Å². The molecule has 1 fully saturated rings. The van der Waals surface area contributed by atoms with Gasteiger partial charge in [0.05, 0.1) is 0 Å². The van der Waals surface area contributed by atoms with Crippen molar-refractivity contribution in [2.24, 2.45) is 17.8 Å². The third-order valence-electron chi connectivity index (χ3n) is 3.78. The minimum absolute atomic E-state index is 0.899. The lowest BCUT2D eigenvalue weighted by molar-refractivity contribution is 0.376. The molecule has 1 N–H and O–H groups in total. The standard InChI is InChI=1S/C13H24N2/c1-15(2)7-3-6-14-10-13-9-11-4-5-12(13)8-11/h4-5,11-14H,3,6-10H2,1-2H3/t11-,12+,13-/m1/s1. The van der Waals surface area contributed by atoms with Crippen molar-refractivity contribution in [2.45, 2.75) is 19.3 Å². The van der Waals surface area contributed by atoms with E-state index in [0.29, 0.717) is 0 Å². The van der Waals surface area contributed by atoms with Gasteiger partial charge in [-0.2, -0.15) is 0 Å². The second kappa shape index (κ2) is 5.13. The van der Waals surface area contributed by atoms with Crippen LogP contribution in [0.2, 0.25) is 0 Å². The monoisotopic (exact) mass is 208 g/mol. The summed E-state index contributed by atoms with van der Waals surface area (Å²) >= 11 is 0. The lowest BCUT2D eigenvalue weighted by Crippen LogP contribution is -2.28. The zero-order valence-corrected chi connectivity index (χ0v) is 10.1. The van der Waals surface area contributed by atoms with Crippen molar-refractivity contribution >= 4 is 0 Å². The summed E-state index contributed by atoms with van der Waals surface area (Å²) in [5.74, 6) is 2.75. The average molecular weight is 208 g/mol. The molecule has 2 nitrogen and oxygen atoms in total. The van der Waals surface area contributed by atoms with Gasteiger partial charge in [0.2, 0.25) is 0 Å². The predicted molar refractivity (Wildman–Crippen MR) is 64.9 cm³/mol. The summed E-state index contributed by atoms with van der Waals surface area (Å²) in [6.45, 7) is 3.61. The van der Waals surface area contributed by atoms with E-state index in [1.165, 1.54) is 38.9 Å². The van der Waals surface area contributed by atoms with Crippen molar-refractivity contribution in [3.05, 3.63) is 12.2 Å². The number of fused-ring (bicyclic) bond motifs is 2. The molecule has 0 aromatic heterocycles. The van der Waals surface area contributed by atoms with Gasteiger partial charge in [-0.25, -0.2) is 0 Å². The average Bonchev–Trinajstić information content (AvgIpc) is 2.78. The van der Waals surface area contributed by atoms with Crippen molar-refractivity contribution < 1.29 is 0 Å². The van der Waals surface area contributed by atoms with Crippen LogP contribution in [0.25, 0.3) is 0 Å². The van der Waals surface area contributed by atoms with Gasteiger partial charge in [-0.1, -0.05) is 12.2 Å². The van der Waals surface area contributed by atoms with Crippen LogP contribution in [-0.4, -0.2) is 38.6 Å². The Morgan fingerprint density at radius 1 is 1.27 bits per heavy atom. The molecule has 2 rings (SSSR count). The highest BCUT2D eigenvalue weighted by atomic mass is 15.1. The normalized spacial score (nSPS) is 33.1. The quantitative estimate of drug-likeness (QED) is 0.528. The Kier molecular flexibility index (Phi) is 3.81. The van der Waals surface area contributed by atoms with E-state index in [-0.39, 0.29) is 0 Å². The molecule has 15 heavy (non-hydrogen) atoms. The summed E-state index contributed by atoms with van der Waals surface area (Å²) in [6, 6.07) is 0. The number of rotatable bonds is 6. The number of nitrogens with zero attached hydrogens (tertiary/aromatic N) is 1. The number of allylic oxidation sites excluding steroid dienone is 2. The molecule has 0 aromatic carbocycles. The SMILES string of the molecule is CN(C)CCCNC[C@H]1C[C@@H]2C=C[C@H]1C2. The van der Waals surface area contributed by atoms with E-state index in [2.05, 4.69) is 36.5 Å². The highest BCUT2D eigenvalue weighted by Crippen LogP contribution is 2.42. The van der Waals surface area contributed by atoms with Crippen LogP contribution < -0.4 is 5.32 Å². The Morgan fingerprint density at radius 3 is 2.73 bits per heavy atom. The van der Waals surface area contributed by atoms with Gasteiger partial charge in [0, 0.05) is 0 Å². The topological polar surface area (TPSA) is 15.3 Å². The van der Waals surface area contributed by atoms with E-state index in [4.69, 9.17) is 0 Å². The Morgan fingerprint density at radius 2 is 2.13 bits per heavy atom. The fraction of sp³-hybridized carbons (Fsp3) is 0.846. The molecule has 2 bridgehead atoms. The van der Waals surface area contributed by atoms with Crippen LogP contribution in [0.15, 0.2) is 12.2 Å². The zero-order valence-electron chi connectivity index (χ0n) is 10.1. The minimum Gasteiger partial charge on any atom is -0.316 e. The van der Waals surface area contributed by atoms with Crippen molar-refractivity contribution in [1.29, 1.82) is 0 Å². The molecule has 0 spiro atoms. The highest BCUT2D eigenvalue weighted by molar-refractivity contribution is 5.10. The third kappa shape index (κ3) is 3.05. The zero-order chi connectivity index (χ0) is 10.7. The molecule has 0 unspecified atom stereocenters. The number of hydrogen-bond acceptors (Lipinski definition) is 2. The third-order valence-corrected chi connectivity index (χ3v) is 3.78. The first-order valence-corrected chi connectivity index (χ1v) is 6.29. The van der Waals surface area contributed by atoms with Crippen molar-refractivity contribution in [2.75, 3.05) is 33.7 Å². The minimum atomic E-state index is 0.899. The van der Waals surface area contributed by atoms with Gasteiger partial charge in [0.15, 0.2) is 0 Å². The van der Waals surface area contributed by atoms with E-state index in [9.17, 15) is 0 Å². The van der Waals surface area contributed by atoms with E-state index in [1.54, 1.807) is 0 Å². The fourth-order valence-electron chi connectivity index (χ4n) is 2.94. The predicted octanol–water partition coefficient (Wildman–Crippen LogP) is 1.74. The summed E-state index contributed by atoms with van der Waals surface area (Å²) in [6.07, 6.45) is 9.00. The summed E-state index contributed by atoms with van der Waals surface area (Å²) in [5, 5.41) is 3.61. The molecule has 2 aliphatic rings. The molecule has 2 heteroatoms. The molecule has 0 aromatic rings. The van der Waals surface area contributed by atoms with E-state index in [0.717, 1.165) is 17.8 Å². The molecule has 0 radical (unpaired) electrons. The van der Waals surface area contributed by atoms with Crippen LogP contribution in [0.3, 0.4) is 0 Å².